The van der Waals surface area contributed by atoms with Crippen molar-refractivity contribution in [3.8, 4) is 0 Å². The van der Waals surface area contributed by atoms with Crippen molar-refractivity contribution in [2.24, 2.45) is 0 Å². The number of hydrogen-bond donors (Lipinski definition) is 1. The predicted molar refractivity (Wildman–Crippen MR) is 53.1 cm³/mol. The zero-order chi connectivity index (χ0) is 9.10. The third kappa shape index (κ3) is 1.66. The summed E-state index contributed by atoms with van der Waals surface area (Å²) in [6.45, 7) is 3.75. The summed E-state index contributed by atoms with van der Waals surface area (Å²) in [5.41, 5.74) is 3.58. The van der Waals surface area contributed by atoms with E-state index in [1.807, 2.05) is 12.1 Å². The first-order valence-corrected chi connectivity index (χ1v) is 4.49. The van der Waals surface area contributed by atoms with Crippen LogP contribution in [0.3, 0.4) is 0 Å². The standard InChI is InChI=1S/C11H13NO/c1-9-4-2-3-5-10(9)11-8-13-7-6-12-11/h2-5,8,12H,6-7H2,1H3. The van der Waals surface area contributed by atoms with Crippen LogP contribution in [0.2, 0.25) is 0 Å². The van der Waals surface area contributed by atoms with Crippen LogP contribution in [0, 0.1) is 6.92 Å². The van der Waals surface area contributed by atoms with Gasteiger partial charge < -0.3 is 10.1 Å². The molecule has 0 saturated heterocycles. The highest BCUT2D eigenvalue weighted by Crippen LogP contribution is 2.17. The normalized spacial score (nSPS) is 15.6. The highest BCUT2D eigenvalue weighted by atomic mass is 16.5. The molecule has 1 N–H and O–H groups in total. The highest BCUT2D eigenvalue weighted by Gasteiger charge is 2.07. The van der Waals surface area contributed by atoms with Gasteiger partial charge in [0.25, 0.3) is 0 Å². The summed E-state index contributed by atoms with van der Waals surface area (Å²) in [4.78, 5) is 0. The molecule has 1 aromatic rings. The van der Waals surface area contributed by atoms with Crippen molar-refractivity contribution in [3.63, 3.8) is 0 Å². The fourth-order valence-electron chi connectivity index (χ4n) is 1.46. The van der Waals surface area contributed by atoms with Gasteiger partial charge >= 0.3 is 0 Å². The van der Waals surface area contributed by atoms with Crippen LogP contribution < -0.4 is 5.32 Å². The summed E-state index contributed by atoms with van der Waals surface area (Å²) in [6, 6.07) is 8.29. The number of ether oxygens (including phenoxy) is 1. The Bertz CT molecular complexity index is 331. The first kappa shape index (κ1) is 8.17. The topological polar surface area (TPSA) is 21.3 Å². The highest BCUT2D eigenvalue weighted by molar-refractivity contribution is 5.66. The van der Waals surface area contributed by atoms with E-state index in [0.29, 0.717) is 0 Å². The van der Waals surface area contributed by atoms with Crippen molar-refractivity contribution in [2.45, 2.75) is 6.92 Å². The molecule has 1 aliphatic rings. The van der Waals surface area contributed by atoms with Crippen LogP contribution in [0.15, 0.2) is 30.5 Å². The molecule has 2 heteroatoms. The van der Waals surface area contributed by atoms with Gasteiger partial charge in [0, 0.05) is 12.1 Å². The second-order valence-corrected chi connectivity index (χ2v) is 3.14. The van der Waals surface area contributed by atoms with Gasteiger partial charge in [-0.3, -0.25) is 0 Å². The molecule has 2 rings (SSSR count). The maximum atomic E-state index is 5.27. The van der Waals surface area contributed by atoms with E-state index in [1.165, 1.54) is 11.1 Å². The molecule has 1 aliphatic heterocycles. The van der Waals surface area contributed by atoms with Gasteiger partial charge in [-0.05, 0) is 12.5 Å². The Hall–Kier alpha value is -1.44. The third-order valence-corrected chi connectivity index (χ3v) is 2.17. The van der Waals surface area contributed by atoms with E-state index in [1.54, 1.807) is 6.26 Å². The molecule has 68 valence electrons. The number of rotatable bonds is 1. The fraction of sp³-hybridized carbons (Fsp3) is 0.273. The van der Waals surface area contributed by atoms with E-state index in [4.69, 9.17) is 4.74 Å². The van der Waals surface area contributed by atoms with Crippen LogP contribution in [0.4, 0.5) is 0 Å². The molecule has 0 bridgehead atoms. The molecule has 0 radical (unpaired) electrons. The molecular formula is C11H13NO. The molecule has 0 atom stereocenters. The van der Waals surface area contributed by atoms with Gasteiger partial charge in [0.05, 0.1) is 5.70 Å². The molecule has 0 spiro atoms. The largest absolute Gasteiger partial charge is 0.497 e. The van der Waals surface area contributed by atoms with Gasteiger partial charge in [-0.15, -0.1) is 0 Å². The Labute approximate surface area is 78.2 Å². The lowest BCUT2D eigenvalue weighted by molar-refractivity contribution is 0.241. The maximum absolute atomic E-state index is 5.27. The third-order valence-electron chi connectivity index (χ3n) is 2.17. The quantitative estimate of drug-likeness (QED) is 0.704. The Balaban J connectivity index is 2.34. The molecule has 13 heavy (non-hydrogen) atoms. The summed E-state index contributed by atoms with van der Waals surface area (Å²) in [6.07, 6.45) is 1.80. The molecule has 0 fully saturated rings. The van der Waals surface area contributed by atoms with Crippen LogP contribution in [-0.4, -0.2) is 13.2 Å². The average Bonchev–Trinajstić information content (AvgIpc) is 2.20. The van der Waals surface area contributed by atoms with Crippen molar-refractivity contribution >= 4 is 5.70 Å². The van der Waals surface area contributed by atoms with Crippen LogP contribution in [0.5, 0.6) is 0 Å². The Morgan fingerprint density at radius 2 is 2.15 bits per heavy atom. The number of aryl methyl sites for hydroxylation is 1. The van der Waals surface area contributed by atoms with Crippen LogP contribution in [0.1, 0.15) is 11.1 Å². The van der Waals surface area contributed by atoms with E-state index < -0.39 is 0 Å². The minimum Gasteiger partial charge on any atom is -0.497 e. The Morgan fingerprint density at radius 3 is 2.85 bits per heavy atom. The van der Waals surface area contributed by atoms with E-state index in [2.05, 4.69) is 24.4 Å². The van der Waals surface area contributed by atoms with Crippen molar-refractivity contribution in [3.05, 3.63) is 41.7 Å². The lowest BCUT2D eigenvalue weighted by atomic mass is 10.1. The molecule has 0 saturated carbocycles. The molecule has 1 aromatic carbocycles. The zero-order valence-corrected chi connectivity index (χ0v) is 7.71. The van der Waals surface area contributed by atoms with Gasteiger partial charge in [-0.25, -0.2) is 0 Å². The predicted octanol–water partition coefficient (Wildman–Crippen LogP) is 1.91. The van der Waals surface area contributed by atoms with E-state index in [9.17, 15) is 0 Å². The summed E-state index contributed by atoms with van der Waals surface area (Å²) < 4.78 is 5.27. The van der Waals surface area contributed by atoms with Crippen LogP contribution in [0.25, 0.3) is 5.70 Å². The first-order chi connectivity index (χ1) is 6.38. The Morgan fingerprint density at radius 1 is 1.31 bits per heavy atom. The number of hydrogen-bond acceptors (Lipinski definition) is 2. The summed E-state index contributed by atoms with van der Waals surface area (Å²) in [7, 11) is 0. The minimum absolute atomic E-state index is 0.759. The van der Waals surface area contributed by atoms with E-state index in [0.717, 1.165) is 18.8 Å². The van der Waals surface area contributed by atoms with Gasteiger partial charge in [-0.2, -0.15) is 0 Å². The second kappa shape index (κ2) is 3.52. The average molecular weight is 175 g/mol. The van der Waals surface area contributed by atoms with Crippen molar-refractivity contribution in [1.82, 2.24) is 5.32 Å². The SMILES string of the molecule is Cc1ccccc1C1=COCCN1. The van der Waals surface area contributed by atoms with E-state index >= 15 is 0 Å². The lowest BCUT2D eigenvalue weighted by Crippen LogP contribution is -2.22. The first-order valence-electron chi connectivity index (χ1n) is 4.49. The second-order valence-electron chi connectivity index (χ2n) is 3.14. The van der Waals surface area contributed by atoms with Crippen LogP contribution in [-0.2, 0) is 4.74 Å². The van der Waals surface area contributed by atoms with Gasteiger partial charge in [-0.1, -0.05) is 24.3 Å². The molecule has 2 nitrogen and oxygen atoms in total. The minimum atomic E-state index is 0.759. The van der Waals surface area contributed by atoms with E-state index in [-0.39, 0.29) is 0 Å². The molecule has 0 unspecified atom stereocenters. The fourth-order valence-corrected chi connectivity index (χ4v) is 1.46. The van der Waals surface area contributed by atoms with Gasteiger partial charge in [0.15, 0.2) is 0 Å². The zero-order valence-electron chi connectivity index (χ0n) is 7.71. The maximum Gasteiger partial charge on any atom is 0.107 e. The summed E-state index contributed by atoms with van der Waals surface area (Å²) in [5.74, 6) is 0. The Kier molecular flexibility index (Phi) is 2.21. The number of benzene rings is 1. The lowest BCUT2D eigenvalue weighted by Gasteiger charge is -2.17. The smallest absolute Gasteiger partial charge is 0.107 e. The monoisotopic (exact) mass is 175 g/mol. The van der Waals surface area contributed by atoms with Crippen molar-refractivity contribution < 1.29 is 4.74 Å². The van der Waals surface area contributed by atoms with Crippen molar-refractivity contribution in [1.29, 1.82) is 0 Å². The number of nitrogens with one attached hydrogen (secondary N) is 1. The summed E-state index contributed by atoms with van der Waals surface area (Å²) in [5, 5.41) is 3.31. The molecule has 0 aliphatic carbocycles. The van der Waals surface area contributed by atoms with Crippen LogP contribution >= 0.6 is 0 Å². The molecule has 0 aromatic heterocycles. The van der Waals surface area contributed by atoms with Crippen molar-refractivity contribution in [2.75, 3.05) is 13.2 Å². The van der Waals surface area contributed by atoms with Gasteiger partial charge in [0.2, 0.25) is 0 Å². The molecule has 1 heterocycles. The van der Waals surface area contributed by atoms with Gasteiger partial charge in [0.1, 0.15) is 12.9 Å². The summed E-state index contributed by atoms with van der Waals surface area (Å²) >= 11 is 0. The molecule has 0 amide bonds. The molecular weight excluding hydrogens is 162 g/mol.